The van der Waals surface area contributed by atoms with Gasteiger partial charge >= 0.3 is 0 Å². The van der Waals surface area contributed by atoms with Gasteiger partial charge in [0.05, 0.1) is 5.92 Å². The van der Waals surface area contributed by atoms with Crippen LogP contribution in [-0.2, 0) is 4.79 Å². The highest BCUT2D eigenvalue weighted by Crippen LogP contribution is 2.16. The molecule has 1 amide bonds. The maximum atomic E-state index is 11.6. The van der Waals surface area contributed by atoms with Gasteiger partial charge in [0, 0.05) is 20.1 Å². The van der Waals surface area contributed by atoms with Crippen molar-refractivity contribution >= 4 is 5.91 Å². The van der Waals surface area contributed by atoms with Crippen LogP contribution in [0.3, 0.4) is 0 Å². The maximum absolute atomic E-state index is 11.6. The normalized spacial score (nSPS) is 24.4. The van der Waals surface area contributed by atoms with E-state index in [1.807, 2.05) is 18.9 Å². The van der Waals surface area contributed by atoms with Crippen molar-refractivity contribution in [2.75, 3.05) is 33.7 Å². The van der Waals surface area contributed by atoms with E-state index in [-0.39, 0.29) is 5.92 Å². The summed E-state index contributed by atoms with van der Waals surface area (Å²) in [5, 5.41) is 0. The van der Waals surface area contributed by atoms with Gasteiger partial charge in [-0.2, -0.15) is 0 Å². The standard InChI is InChI=1S/C9H18N2O/c1-4-11(3)9(12)8-5-6-10(2)7-8/h8H,4-7H2,1-3H3/t8-/m0/s1. The van der Waals surface area contributed by atoms with Gasteiger partial charge in [-0.25, -0.2) is 0 Å². The van der Waals surface area contributed by atoms with Crippen LogP contribution >= 0.6 is 0 Å². The van der Waals surface area contributed by atoms with Gasteiger partial charge in [-0.3, -0.25) is 4.79 Å². The van der Waals surface area contributed by atoms with Gasteiger partial charge in [-0.05, 0) is 26.9 Å². The molecule has 3 nitrogen and oxygen atoms in total. The predicted octanol–water partition coefficient (Wildman–Crippen LogP) is 0.416. The van der Waals surface area contributed by atoms with E-state index in [2.05, 4.69) is 11.9 Å². The maximum Gasteiger partial charge on any atom is 0.226 e. The van der Waals surface area contributed by atoms with E-state index < -0.39 is 0 Å². The molecule has 0 aromatic carbocycles. The Balaban J connectivity index is 2.43. The summed E-state index contributed by atoms with van der Waals surface area (Å²) in [6, 6.07) is 0. The molecule has 1 aliphatic rings. The SMILES string of the molecule is CCN(C)C(=O)[C@H]1CCN(C)C1. The monoisotopic (exact) mass is 170 g/mol. The third kappa shape index (κ3) is 1.97. The van der Waals surface area contributed by atoms with Gasteiger partial charge in [0.2, 0.25) is 5.91 Å². The number of nitrogens with zero attached hydrogens (tertiary/aromatic N) is 2. The van der Waals surface area contributed by atoms with Crippen molar-refractivity contribution in [1.82, 2.24) is 9.80 Å². The van der Waals surface area contributed by atoms with Gasteiger partial charge in [0.25, 0.3) is 0 Å². The fraction of sp³-hybridized carbons (Fsp3) is 0.889. The number of likely N-dealkylation sites (tertiary alicyclic amines) is 1. The highest BCUT2D eigenvalue weighted by Gasteiger charge is 2.27. The van der Waals surface area contributed by atoms with Crippen molar-refractivity contribution in [3.05, 3.63) is 0 Å². The molecule has 1 rings (SSSR count). The van der Waals surface area contributed by atoms with E-state index in [1.165, 1.54) is 0 Å². The zero-order chi connectivity index (χ0) is 9.14. The molecule has 1 saturated heterocycles. The Morgan fingerprint density at radius 2 is 2.33 bits per heavy atom. The van der Waals surface area contributed by atoms with Crippen LogP contribution in [0, 0.1) is 5.92 Å². The van der Waals surface area contributed by atoms with E-state index in [0.717, 1.165) is 26.1 Å². The summed E-state index contributed by atoms with van der Waals surface area (Å²) in [7, 11) is 3.94. The lowest BCUT2D eigenvalue weighted by molar-refractivity contribution is -0.133. The minimum atomic E-state index is 0.250. The first-order valence-corrected chi connectivity index (χ1v) is 4.58. The highest BCUT2D eigenvalue weighted by atomic mass is 16.2. The third-order valence-corrected chi connectivity index (χ3v) is 2.59. The summed E-state index contributed by atoms with van der Waals surface area (Å²) in [4.78, 5) is 15.6. The molecule has 0 saturated carbocycles. The molecule has 3 heteroatoms. The molecule has 0 N–H and O–H groups in total. The Morgan fingerprint density at radius 1 is 1.67 bits per heavy atom. The topological polar surface area (TPSA) is 23.6 Å². The van der Waals surface area contributed by atoms with Crippen LogP contribution in [-0.4, -0.2) is 49.4 Å². The molecule has 0 aromatic heterocycles. The van der Waals surface area contributed by atoms with Crippen LogP contribution in [0.1, 0.15) is 13.3 Å². The number of rotatable bonds is 2. The van der Waals surface area contributed by atoms with Crippen molar-refractivity contribution in [3.8, 4) is 0 Å². The largest absolute Gasteiger partial charge is 0.346 e. The summed E-state index contributed by atoms with van der Waals surface area (Å²) in [6.45, 7) is 4.83. The first-order chi connectivity index (χ1) is 5.65. The zero-order valence-corrected chi connectivity index (χ0v) is 8.21. The van der Waals surface area contributed by atoms with Crippen LogP contribution in [0.2, 0.25) is 0 Å². The number of hydrogen-bond acceptors (Lipinski definition) is 2. The number of hydrogen-bond donors (Lipinski definition) is 0. The summed E-state index contributed by atoms with van der Waals surface area (Å²) in [6.07, 6.45) is 1.03. The zero-order valence-electron chi connectivity index (χ0n) is 8.21. The Bertz CT molecular complexity index is 170. The molecule has 0 aromatic rings. The Kier molecular flexibility index (Phi) is 3.09. The second-order valence-corrected chi connectivity index (χ2v) is 3.60. The third-order valence-electron chi connectivity index (χ3n) is 2.59. The van der Waals surface area contributed by atoms with Gasteiger partial charge < -0.3 is 9.80 Å². The van der Waals surface area contributed by atoms with Crippen LogP contribution in [0.15, 0.2) is 0 Å². The van der Waals surface area contributed by atoms with E-state index >= 15 is 0 Å². The molecule has 70 valence electrons. The molecular formula is C9H18N2O. The van der Waals surface area contributed by atoms with E-state index in [1.54, 1.807) is 0 Å². The van der Waals surface area contributed by atoms with Gasteiger partial charge in [-0.1, -0.05) is 0 Å². The second-order valence-electron chi connectivity index (χ2n) is 3.60. The van der Waals surface area contributed by atoms with Gasteiger partial charge in [-0.15, -0.1) is 0 Å². The molecule has 0 radical (unpaired) electrons. The van der Waals surface area contributed by atoms with Crippen molar-refractivity contribution in [2.45, 2.75) is 13.3 Å². The lowest BCUT2D eigenvalue weighted by Gasteiger charge is -2.18. The van der Waals surface area contributed by atoms with E-state index in [9.17, 15) is 4.79 Å². The fourth-order valence-corrected chi connectivity index (χ4v) is 1.60. The molecule has 0 bridgehead atoms. The second kappa shape index (κ2) is 3.90. The van der Waals surface area contributed by atoms with Gasteiger partial charge in [0.1, 0.15) is 0 Å². The molecule has 0 unspecified atom stereocenters. The molecule has 1 fully saturated rings. The van der Waals surface area contributed by atoms with Crippen molar-refractivity contribution < 1.29 is 4.79 Å². The number of carbonyl (C=O) groups is 1. The minimum absolute atomic E-state index is 0.250. The average Bonchev–Trinajstić information content (AvgIpc) is 2.49. The lowest BCUT2D eigenvalue weighted by atomic mass is 10.1. The Morgan fingerprint density at radius 3 is 2.75 bits per heavy atom. The molecule has 1 atom stereocenters. The van der Waals surface area contributed by atoms with Crippen molar-refractivity contribution in [2.24, 2.45) is 5.92 Å². The molecule has 12 heavy (non-hydrogen) atoms. The predicted molar refractivity (Wildman–Crippen MR) is 48.9 cm³/mol. The first kappa shape index (κ1) is 9.52. The summed E-state index contributed by atoms with van der Waals surface area (Å²) in [5.74, 6) is 0.557. The molecule has 0 aliphatic carbocycles. The van der Waals surface area contributed by atoms with Crippen LogP contribution < -0.4 is 0 Å². The molecule has 1 heterocycles. The Labute approximate surface area is 74.3 Å². The van der Waals surface area contributed by atoms with Crippen LogP contribution in [0.25, 0.3) is 0 Å². The quantitative estimate of drug-likeness (QED) is 0.599. The summed E-state index contributed by atoms with van der Waals surface area (Å²) in [5.41, 5.74) is 0. The Hall–Kier alpha value is -0.570. The fourth-order valence-electron chi connectivity index (χ4n) is 1.60. The average molecular weight is 170 g/mol. The number of amides is 1. The summed E-state index contributed by atoms with van der Waals surface area (Å²) < 4.78 is 0. The van der Waals surface area contributed by atoms with Crippen molar-refractivity contribution in [1.29, 1.82) is 0 Å². The lowest BCUT2D eigenvalue weighted by Crippen LogP contribution is -2.33. The first-order valence-electron chi connectivity index (χ1n) is 4.58. The summed E-state index contributed by atoms with van der Waals surface area (Å²) >= 11 is 0. The van der Waals surface area contributed by atoms with E-state index in [0.29, 0.717) is 5.91 Å². The van der Waals surface area contributed by atoms with Gasteiger partial charge in [0.15, 0.2) is 0 Å². The smallest absolute Gasteiger partial charge is 0.226 e. The minimum Gasteiger partial charge on any atom is -0.346 e. The highest BCUT2D eigenvalue weighted by molar-refractivity contribution is 5.79. The number of carbonyl (C=O) groups excluding carboxylic acids is 1. The van der Waals surface area contributed by atoms with E-state index in [4.69, 9.17) is 0 Å². The molecule has 0 spiro atoms. The molecule has 1 aliphatic heterocycles. The van der Waals surface area contributed by atoms with Crippen molar-refractivity contribution in [3.63, 3.8) is 0 Å². The van der Waals surface area contributed by atoms with Crippen LogP contribution in [0.5, 0.6) is 0 Å². The van der Waals surface area contributed by atoms with Crippen LogP contribution in [0.4, 0.5) is 0 Å². The molecular weight excluding hydrogens is 152 g/mol.